The van der Waals surface area contributed by atoms with Gasteiger partial charge >= 0.3 is 5.97 Å². The first-order chi connectivity index (χ1) is 17.2. The van der Waals surface area contributed by atoms with Crippen molar-refractivity contribution in [2.45, 2.75) is 15.5 Å². The third-order valence-corrected chi connectivity index (χ3v) is 8.01. The Hall–Kier alpha value is -3.70. The first kappa shape index (κ1) is 25.4. The Balaban J connectivity index is 1.51. The van der Waals surface area contributed by atoms with Crippen molar-refractivity contribution in [1.29, 1.82) is 0 Å². The highest BCUT2D eigenvalue weighted by Gasteiger charge is 2.25. The third kappa shape index (κ3) is 5.74. The zero-order valence-electron chi connectivity index (χ0n) is 18.9. The topological polar surface area (TPSA) is 102 Å². The van der Waals surface area contributed by atoms with E-state index in [0.29, 0.717) is 21.2 Å². The summed E-state index contributed by atoms with van der Waals surface area (Å²) in [5.41, 5.74) is 1.20. The molecule has 0 unspecified atom stereocenters. The average molecular weight is 531 g/mol. The smallest absolute Gasteiger partial charge is 0.325 e. The summed E-state index contributed by atoms with van der Waals surface area (Å²) in [7, 11) is -2.77. The van der Waals surface area contributed by atoms with Crippen molar-refractivity contribution in [1.82, 2.24) is 0 Å². The van der Waals surface area contributed by atoms with Gasteiger partial charge in [0.05, 0.1) is 28.4 Å². The van der Waals surface area contributed by atoms with Crippen molar-refractivity contribution in [3.8, 4) is 0 Å². The number of nitrogens with one attached hydrogen (secondary N) is 2. The van der Waals surface area contributed by atoms with E-state index in [4.69, 9.17) is 0 Å². The number of ether oxygens (including phenoxy) is 1. The van der Waals surface area contributed by atoms with Gasteiger partial charge in [0.15, 0.2) is 9.84 Å². The zero-order chi connectivity index (χ0) is 25.9. The van der Waals surface area contributed by atoms with Crippen molar-refractivity contribution in [2.24, 2.45) is 0 Å². The summed E-state index contributed by atoms with van der Waals surface area (Å²) in [6, 6.07) is 14.4. The van der Waals surface area contributed by atoms with Crippen LogP contribution in [0.2, 0.25) is 0 Å². The fourth-order valence-electron chi connectivity index (χ4n) is 3.37. The van der Waals surface area contributed by atoms with E-state index in [1.807, 2.05) is 0 Å². The van der Waals surface area contributed by atoms with Gasteiger partial charge in [-0.3, -0.25) is 9.59 Å². The summed E-state index contributed by atoms with van der Waals surface area (Å²) >= 11 is 1.17. The minimum atomic E-state index is -4.08. The Bertz CT molecular complexity index is 1450. The molecule has 7 nitrogen and oxygen atoms in total. The molecule has 0 saturated carbocycles. The van der Waals surface area contributed by atoms with Gasteiger partial charge in [-0.25, -0.2) is 17.2 Å². The van der Waals surface area contributed by atoms with Crippen LogP contribution >= 0.6 is 11.8 Å². The molecule has 11 heteroatoms. The predicted molar refractivity (Wildman–Crippen MR) is 133 cm³/mol. The molecule has 186 valence electrons. The normalized spacial score (nSPS) is 14.2. The summed E-state index contributed by atoms with van der Waals surface area (Å²) in [6.45, 7) is 0.0267. The molecule has 0 radical (unpaired) electrons. The lowest BCUT2D eigenvalue weighted by Crippen LogP contribution is -2.18. The maximum atomic E-state index is 14.0. The van der Waals surface area contributed by atoms with Crippen molar-refractivity contribution in [3.63, 3.8) is 0 Å². The molecule has 36 heavy (non-hydrogen) atoms. The van der Waals surface area contributed by atoms with Gasteiger partial charge in [0.25, 0.3) is 5.91 Å². The summed E-state index contributed by atoms with van der Waals surface area (Å²) in [5, 5.41) is 5.59. The summed E-state index contributed by atoms with van der Waals surface area (Å²) < 4.78 is 58.1. The first-order valence-electron chi connectivity index (χ1n) is 10.6. The number of halogens is 2. The van der Waals surface area contributed by atoms with E-state index in [1.165, 1.54) is 37.1 Å². The SMILES string of the molecule is COC(=O)CNc1ccc(/C=C2/Sc3ccc(S(=O)(=O)Cc4c(F)cccc4F)cc3NC2=O)cc1. The number of esters is 1. The van der Waals surface area contributed by atoms with Crippen molar-refractivity contribution < 1.29 is 31.5 Å². The van der Waals surface area contributed by atoms with Crippen molar-refractivity contribution in [3.05, 3.63) is 88.3 Å². The summed E-state index contributed by atoms with van der Waals surface area (Å²) in [6.07, 6.45) is 1.68. The van der Waals surface area contributed by atoms with Crippen LogP contribution in [0.3, 0.4) is 0 Å². The van der Waals surface area contributed by atoms with Crippen LogP contribution in [0.5, 0.6) is 0 Å². The maximum absolute atomic E-state index is 14.0. The largest absolute Gasteiger partial charge is 0.468 e. The van der Waals surface area contributed by atoms with E-state index < -0.39 is 44.7 Å². The minimum Gasteiger partial charge on any atom is -0.468 e. The third-order valence-electron chi connectivity index (χ3n) is 5.27. The van der Waals surface area contributed by atoms with Crippen LogP contribution < -0.4 is 10.6 Å². The number of fused-ring (bicyclic) bond motifs is 1. The number of hydrogen-bond donors (Lipinski definition) is 2. The standard InChI is InChI=1S/C25H20F2N2O5S2/c1-34-24(30)13-28-16-7-5-15(6-8-16)11-23-25(31)29-21-12-17(9-10-22(21)35-23)36(32,33)14-18-19(26)3-2-4-20(18)27/h2-12,28H,13-14H2,1H3,(H,29,31)/b23-11+. The second kappa shape index (κ2) is 10.5. The van der Waals surface area contributed by atoms with Crippen molar-refractivity contribution >= 4 is 50.9 Å². The quantitative estimate of drug-likeness (QED) is 0.340. The lowest BCUT2D eigenvalue weighted by molar-refractivity contribution is -0.138. The monoisotopic (exact) mass is 530 g/mol. The lowest BCUT2D eigenvalue weighted by atomic mass is 10.2. The Morgan fingerprint density at radius 1 is 1.08 bits per heavy atom. The first-order valence-corrected chi connectivity index (χ1v) is 13.0. The molecule has 3 aromatic carbocycles. The number of thioether (sulfide) groups is 1. The molecular formula is C25H20F2N2O5S2. The van der Waals surface area contributed by atoms with Crippen LogP contribution in [0.25, 0.3) is 6.08 Å². The fourth-order valence-corrected chi connectivity index (χ4v) is 5.70. The number of anilines is 2. The van der Waals surface area contributed by atoms with Crippen LogP contribution in [0, 0.1) is 11.6 Å². The molecule has 0 atom stereocenters. The number of sulfone groups is 1. The molecule has 2 N–H and O–H groups in total. The van der Waals surface area contributed by atoms with Gasteiger partial charge in [-0.1, -0.05) is 30.0 Å². The Morgan fingerprint density at radius 2 is 1.78 bits per heavy atom. The maximum Gasteiger partial charge on any atom is 0.325 e. The van der Waals surface area contributed by atoms with Gasteiger partial charge in [0.2, 0.25) is 0 Å². The zero-order valence-corrected chi connectivity index (χ0v) is 20.5. The van der Waals surface area contributed by atoms with Crippen LogP contribution in [-0.2, 0) is 29.9 Å². The average Bonchev–Trinajstić information content (AvgIpc) is 2.86. The second-order valence-corrected chi connectivity index (χ2v) is 10.8. The molecule has 0 aliphatic carbocycles. The van der Waals surface area contributed by atoms with Crippen LogP contribution in [0.4, 0.5) is 20.2 Å². The highest BCUT2D eigenvalue weighted by Crippen LogP contribution is 2.40. The molecule has 1 aliphatic rings. The Labute approximate surface area is 210 Å². The highest BCUT2D eigenvalue weighted by atomic mass is 32.2. The molecule has 0 aromatic heterocycles. The van der Waals surface area contributed by atoms with Crippen molar-refractivity contribution in [2.75, 3.05) is 24.3 Å². The van der Waals surface area contributed by atoms with Crippen LogP contribution in [0.1, 0.15) is 11.1 Å². The molecule has 0 bridgehead atoms. The van der Waals surface area contributed by atoms with Gasteiger partial charge in [-0.05, 0) is 54.1 Å². The number of rotatable bonds is 7. The highest BCUT2D eigenvalue weighted by molar-refractivity contribution is 8.04. The van der Waals surface area contributed by atoms with E-state index in [0.717, 1.165) is 23.8 Å². The Morgan fingerprint density at radius 3 is 2.44 bits per heavy atom. The van der Waals surface area contributed by atoms with E-state index in [1.54, 1.807) is 30.3 Å². The molecule has 0 saturated heterocycles. The second-order valence-electron chi connectivity index (χ2n) is 7.73. The van der Waals surface area contributed by atoms with Gasteiger partial charge in [-0.15, -0.1) is 0 Å². The fraction of sp³-hybridized carbons (Fsp3) is 0.120. The predicted octanol–water partition coefficient (Wildman–Crippen LogP) is 4.61. The van der Waals surface area contributed by atoms with Gasteiger partial charge in [0, 0.05) is 16.1 Å². The summed E-state index contributed by atoms with van der Waals surface area (Å²) in [4.78, 5) is 24.7. The molecule has 1 heterocycles. The Kier molecular flexibility index (Phi) is 7.41. The number of carbonyl (C=O) groups excluding carboxylic acids is 2. The number of carbonyl (C=O) groups is 2. The van der Waals surface area contributed by atoms with E-state index >= 15 is 0 Å². The molecule has 0 fully saturated rings. The van der Waals surface area contributed by atoms with Gasteiger partial charge in [-0.2, -0.15) is 0 Å². The number of benzene rings is 3. The van der Waals surface area contributed by atoms with E-state index in [2.05, 4.69) is 15.4 Å². The molecular weight excluding hydrogens is 510 g/mol. The number of hydrogen-bond acceptors (Lipinski definition) is 7. The molecule has 1 amide bonds. The van der Waals surface area contributed by atoms with Crippen LogP contribution in [-0.4, -0.2) is 33.9 Å². The van der Waals surface area contributed by atoms with E-state index in [9.17, 15) is 26.8 Å². The minimum absolute atomic E-state index is 0.0267. The number of amides is 1. The summed E-state index contributed by atoms with van der Waals surface area (Å²) in [5.74, 6) is -3.55. The molecule has 1 aliphatic heterocycles. The molecule has 4 rings (SSSR count). The molecule has 3 aromatic rings. The molecule has 0 spiro atoms. The number of methoxy groups -OCH3 is 1. The van der Waals surface area contributed by atoms with E-state index in [-0.39, 0.29) is 11.4 Å². The van der Waals surface area contributed by atoms with Crippen LogP contribution in [0.15, 0.2) is 75.4 Å². The lowest BCUT2D eigenvalue weighted by Gasteiger charge is -2.19. The van der Waals surface area contributed by atoms with Gasteiger partial charge in [0.1, 0.15) is 18.2 Å². The van der Waals surface area contributed by atoms with Gasteiger partial charge < -0.3 is 15.4 Å².